The van der Waals surface area contributed by atoms with E-state index in [1.165, 1.54) is 23.3 Å². The molecule has 2 aromatic carbocycles. The zero-order valence-electron chi connectivity index (χ0n) is 10.2. The summed E-state index contributed by atoms with van der Waals surface area (Å²) in [5.41, 5.74) is 3.70. The van der Waals surface area contributed by atoms with Gasteiger partial charge in [0.05, 0.1) is 5.38 Å². The van der Waals surface area contributed by atoms with Gasteiger partial charge in [-0.1, -0.05) is 46.3 Å². The molecule has 0 aliphatic heterocycles. The number of hydrogen-bond donors (Lipinski definition) is 0. The lowest BCUT2D eigenvalue weighted by Gasteiger charge is -2.15. The monoisotopic (exact) mass is 338 g/mol. The van der Waals surface area contributed by atoms with Crippen LogP contribution in [0.25, 0.3) is 0 Å². The van der Waals surface area contributed by atoms with Crippen LogP contribution >= 0.6 is 27.5 Å². The molecule has 3 rings (SSSR count). The average molecular weight is 340 g/mol. The average Bonchev–Trinajstić information content (AvgIpc) is 2.70. The molecule has 2 unspecified atom stereocenters. The molecule has 0 nitrogen and oxygen atoms in total. The van der Waals surface area contributed by atoms with Crippen molar-refractivity contribution in [3.05, 3.63) is 69.4 Å². The van der Waals surface area contributed by atoms with Crippen molar-refractivity contribution >= 4 is 27.5 Å². The van der Waals surface area contributed by atoms with Crippen LogP contribution in [-0.4, -0.2) is 0 Å². The maximum Gasteiger partial charge on any atom is 0.124 e. The van der Waals surface area contributed by atoms with Gasteiger partial charge in [-0.15, -0.1) is 11.6 Å². The Morgan fingerprint density at radius 3 is 2.74 bits per heavy atom. The van der Waals surface area contributed by atoms with Crippen molar-refractivity contribution in [2.45, 2.75) is 18.2 Å². The Kier molecular flexibility index (Phi) is 3.64. The molecule has 1 aliphatic carbocycles. The lowest BCUT2D eigenvalue weighted by Crippen LogP contribution is -2.07. The van der Waals surface area contributed by atoms with E-state index in [2.05, 4.69) is 34.1 Å². The van der Waals surface area contributed by atoms with Crippen LogP contribution in [-0.2, 0) is 12.8 Å². The second-order valence-electron chi connectivity index (χ2n) is 5.00. The Morgan fingerprint density at radius 2 is 2.00 bits per heavy atom. The number of rotatable bonds is 2. The Morgan fingerprint density at radius 1 is 1.21 bits per heavy atom. The highest BCUT2D eigenvalue weighted by Gasteiger charge is 2.30. The highest BCUT2D eigenvalue weighted by molar-refractivity contribution is 9.10. The van der Waals surface area contributed by atoms with Gasteiger partial charge < -0.3 is 0 Å². The fourth-order valence-corrected chi connectivity index (χ4v) is 3.68. The van der Waals surface area contributed by atoms with Gasteiger partial charge >= 0.3 is 0 Å². The molecule has 0 aromatic heterocycles. The standard InChI is InChI=1S/C16H13BrClF/c17-15-9-13(19)6-5-11(15)8-12-7-10-3-1-2-4-14(10)16(12)18/h1-6,9,12,16H,7-8H2. The van der Waals surface area contributed by atoms with Crippen molar-refractivity contribution < 1.29 is 4.39 Å². The molecule has 0 fully saturated rings. The van der Waals surface area contributed by atoms with Crippen LogP contribution in [0.1, 0.15) is 22.1 Å². The molecule has 2 aromatic rings. The molecule has 19 heavy (non-hydrogen) atoms. The third-order valence-electron chi connectivity index (χ3n) is 3.75. The Labute approximate surface area is 125 Å². The molecule has 0 radical (unpaired) electrons. The highest BCUT2D eigenvalue weighted by Crippen LogP contribution is 2.42. The molecule has 0 spiro atoms. The number of alkyl halides is 1. The van der Waals surface area contributed by atoms with E-state index in [1.54, 1.807) is 0 Å². The van der Waals surface area contributed by atoms with E-state index >= 15 is 0 Å². The second kappa shape index (κ2) is 5.26. The van der Waals surface area contributed by atoms with Gasteiger partial charge in [-0.2, -0.15) is 0 Å². The summed E-state index contributed by atoms with van der Waals surface area (Å²) in [5.74, 6) is 0.161. The van der Waals surface area contributed by atoms with Gasteiger partial charge in [0, 0.05) is 4.47 Å². The predicted octanol–water partition coefficient (Wildman–Crippen LogP) is 5.28. The first-order chi connectivity index (χ1) is 9.15. The third-order valence-corrected chi connectivity index (χ3v) is 5.08. The smallest absolute Gasteiger partial charge is 0.124 e. The quantitative estimate of drug-likeness (QED) is 0.653. The summed E-state index contributed by atoms with van der Waals surface area (Å²) in [7, 11) is 0. The molecule has 0 saturated heterocycles. The second-order valence-corrected chi connectivity index (χ2v) is 6.33. The molecule has 98 valence electrons. The van der Waals surface area contributed by atoms with E-state index in [0.29, 0.717) is 5.92 Å². The topological polar surface area (TPSA) is 0 Å². The molecular weight excluding hydrogens is 327 g/mol. The van der Waals surface area contributed by atoms with Gasteiger partial charge in [0.2, 0.25) is 0 Å². The summed E-state index contributed by atoms with van der Waals surface area (Å²) in [4.78, 5) is 0. The molecule has 0 bridgehead atoms. The summed E-state index contributed by atoms with van der Waals surface area (Å²) in [5, 5.41) is 0.0492. The Hall–Kier alpha value is -0.860. The molecule has 0 amide bonds. The minimum absolute atomic E-state index is 0.0492. The molecule has 0 heterocycles. The summed E-state index contributed by atoms with van der Waals surface area (Å²) in [6.07, 6.45) is 1.86. The highest BCUT2D eigenvalue weighted by atomic mass is 79.9. The molecule has 0 saturated carbocycles. The van der Waals surface area contributed by atoms with Gasteiger partial charge in [-0.05, 0) is 47.6 Å². The van der Waals surface area contributed by atoms with Crippen LogP contribution in [0.4, 0.5) is 4.39 Å². The third kappa shape index (κ3) is 2.56. The van der Waals surface area contributed by atoms with Crippen molar-refractivity contribution in [1.82, 2.24) is 0 Å². The fraction of sp³-hybridized carbons (Fsp3) is 0.250. The molecule has 3 heteroatoms. The fourth-order valence-electron chi connectivity index (χ4n) is 2.77. The SMILES string of the molecule is Fc1ccc(CC2Cc3ccccc3C2Cl)c(Br)c1. The van der Waals surface area contributed by atoms with Crippen molar-refractivity contribution in [3.63, 3.8) is 0 Å². The largest absolute Gasteiger partial charge is 0.207 e. The van der Waals surface area contributed by atoms with Crippen LogP contribution in [0.3, 0.4) is 0 Å². The van der Waals surface area contributed by atoms with E-state index in [-0.39, 0.29) is 11.2 Å². The summed E-state index contributed by atoms with van der Waals surface area (Å²) < 4.78 is 13.9. The first-order valence-corrected chi connectivity index (χ1v) is 7.54. The zero-order valence-corrected chi connectivity index (χ0v) is 12.6. The van der Waals surface area contributed by atoms with E-state index in [9.17, 15) is 4.39 Å². The molecule has 0 N–H and O–H groups in total. The normalized spacial score (nSPS) is 21.4. The van der Waals surface area contributed by atoms with E-state index in [1.807, 2.05) is 12.1 Å². The maximum atomic E-state index is 13.1. The van der Waals surface area contributed by atoms with Crippen molar-refractivity contribution in [2.24, 2.45) is 5.92 Å². The maximum absolute atomic E-state index is 13.1. The van der Waals surface area contributed by atoms with Crippen LogP contribution in [0, 0.1) is 11.7 Å². The first-order valence-electron chi connectivity index (χ1n) is 6.31. The number of halogens is 3. The minimum atomic E-state index is -0.215. The predicted molar refractivity (Wildman–Crippen MR) is 80.0 cm³/mol. The Balaban J connectivity index is 1.83. The van der Waals surface area contributed by atoms with Crippen LogP contribution < -0.4 is 0 Å². The van der Waals surface area contributed by atoms with Gasteiger partial charge in [0.1, 0.15) is 5.82 Å². The lowest BCUT2D eigenvalue weighted by atomic mass is 9.96. The molecular formula is C16H13BrClF. The van der Waals surface area contributed by atoms with Crippen LogP contribution in [0.15, 0.2) is 46.9 Å². The number of benzene rings is 2. The van der Waals surface area contributed by atoms with E-state index < -0.39 is 0 Å². The lowest BCUT2D eigenvalue weighted by molar-refractivity contribution is 0.541. The first kappa shape index (κ1) is 13.1. The number of hydrogen-bond acceptors (Lipinski definition) is 0. The van der Waals surface area contributed by atoms with Gasteiger partial charge in [0.15, 0.2) is 0 Å². The summed E-state index contributed by atoms with van der Waals surface area (Å²) in [6, 6.07) is 13.2. The van der Waals surface area contributed by atoms with Crippen LogP contribution in [0.2, 0.25) is 0 Å². The molecule has 1 aliphatic rings. The minimum Gasteiger partial charge on any atom is -0.207 e. The van der Waals surface area contributed by atoms with Crippen molar-refractivity contribution in [2.75, 3.05) is 0 Å². The zero-order chi connectivity index (χ0) is 13.4. The van der Waals surface area contributed by atoms with Gasteiger partial charge in [0.25, 0.3) is 0 Å². The van der Waals surface area contributed by atoms with Crippen molar-refractivity contribution in [3.8, 4) is 0 Å². The van der Waals surface area contributed by atoms with Crippen molar-refractivity contribution in [1.29, 1.82) is 0 Å². The van der Waals surface area contributed by atoms with Gasteiger partial charge in [-0.3, -0.25) is 0 Å². The van der Waals surface area contributed by atoms with E-state index in [0.717, 1.165) is 22.9 Å². The van der Waals surface area contributed by atoms with Gasteiger partial charge in [-0.25, -0.2) is 4.39 Å². The van der Waals surface area contributed by atoms with E-state index in [4.69, 9.17) is 11.6 Å². The number of fused-ring (bicyclic) bond motifs is 1. The Bertz CT molecular complexity index is 611. The molecule has 2 atom stereocenters. The summed E-state index contributed by atoms with van der Waals surface area (Å²) in [6.45, 7) is 0. The van der Waals surface area contributed by atoms with Crippen LogP contribution in [0.5, 0.6) is 0 Å². The summed E-state index contributed by atoms with van der Waals surface area (Å²) >= 11 is 9.98.